The third kappa shape index (κ3) is 3.95. The number of hydrogen-bond donors (Lipinski definition) is 2. The van der Waals surface area contributed by atoms with Crippen molar-refractivity contribution in [3.05, 3.63) is 32.1 Å². The molecule has 2 N–H and O–H groups in total. The van der Waals surface area contributed by atoms with Gasteiger partial charge >= 0.3 is 11.8 Å². The van der Waals surface area contributed by atoms with Crippen LogP contribution in [0.15, 0.2) is 23.6 Å². The van der Waals surface area contributed by atoms with Crippen molar-refractivity contribution in [3.8, 4) is 0 Å². The van der Waals surface area contributed by atoms with E-state index in [4.69, 9.17) is 13.6 Å². The molecule has 4 rings (SSSR count). The molecule has 1 aromatic heterocycles. The first-order valence-electron chi connectivity index (χ1n) is 9.54. The van der Waals surface area contributed by atoms with Crippen molar-refractivity contribution in [2.24, 2.45) is 5.92 Å². The Morgan fingerprint density at radius 1 is 1.40 bits per heavy atom. The van der Waals surface area contributed by atoms with E-state index in [0.717, 1.165) is 12.2 Å². The molecular formula is C18H22NO8S3+. The summed E-state index contributed by atoms with van der Waals surface area (Å²) in [5.41, 5.74) is 0.158. The molecule has 2 fully saturated rings. The fourth-order valence-corrected chi connectivity index (χ4v) is 8.92. The van der Waals surface area contributed by atoms with Crippen LogP contribution in [-0.2, 0) is 38.5 Å². The smallest absolute Gasteiger partial charge is 0.453 e. The highest BCUT2D eigenvalue weighted by Gasteiger charge is 2.58. The Hall–Kier alpha value is -1.34. The monoisotopic (exact) mass is 476 g/mol. The summed E-state index contributed by atoms with van der Waals surface area (Å²) in [6.07, 6.45) is 0.413. The molecule has 3 aliphatic heterocycles. The molecule has 1 aromatic rings. The Balaban J connectivity index is 1.54. The topological polar surface area (TPSA) is 130 Å². The molecule has 3 aliphatic rings. The standard InChI is InChI=1S/C18H22NO8S3/c1-3-10-11(27-18(23)26-10)6-25-16(22)13-17(28-9-4-5-30(24)7-9)29-15-12(8(2)20)14(21)19(13)15/h8-9,12,15,20,24H,3-7H2,1-2H3/q+1/t8-,9?,12+,15-,30?/m1/s1. The molecule has 5 atom stereocenters. The number of hydrogen-bond acceptors (Lipinski definition) is 10. The van der Waals surface area contributed by atoms with Crippen molar-refractivity contribution < 1.29 is 32.8 Å². The van der Waals surface area contributed by atoms with Crippen molar-refractivity contribution in [3.63, 3.8) is 0 Å². The quantitative estimate of drug-likeness (QED) is 0.339. The van der Waals surface area contributed by atoms with E-state index in [0.29, 0.717) is 22.2 Å². The van der Waals surface area contributed by atoms with Gasteiger partial charge in [0.2, 0.25) is 5.91 Å². The summed E-state index contributed by atoms with van der Waals surface area (Å²) in [4.78, 5) is 38.2. The third-order valence-corrected chi connectivity index (χ3v) is 9.74. The van der Waals surface area contributed by atoms with Crippen LogP contribution in [0.3, 0.4) is 0 Å². The summed E-state index contributed by atoms with van der Waals surface area (Å²) in [7, 11) is 0. The molecule has 0 spiro atoms. The molecule has 4 heterocycles. The van der Waals surface area contributed by atoms with Crippen molar-refractivity contribution in [2.75, 3.05) is 11.5 Å². The second kappa shape index (κ2) is 8.65. The predicted molar refractivity (Wildman–Crippen MR) is 113 cm³/mol. The molecule has 12 heteroatoms. The zero-order valence-corrected chi connectivity index (χ0v) is 18.8. The maximum atomic E-state index is 12.9. The van der Waals surface area contributed by atoms with Gasteiger partial charge in [0.25, 0.3) is 0 Å². The van der Waals surface area contributed by atoms with Gasteiger partial charge in [-0.05, 0) is 6.92 Å². The van der Waals surface area contributed by atoms with Gasteiger partial charge in [0.15, 0.2) is 29.6 Å². The van der Waals surface area contributed by atoms with Crippen molar-refractivity contribution >= 4 is 46.6 Å². The van der Waals surface area contributed by atoms with E-state index in [2.05, 4.69) is 0 Å². The van der Waals surface area contributed by atoms with Crippen LogP contribution in [-0.4, -0.2) is 54.7 Å². The molecule has 2 unspecified atom stereocenters. The van der Waals surface area contributed by atoms with Gasteiger partial charge in [-0.1, -0.05) is 18.7 Å². The van der Waals surface area contributed by atoms with Gasteiger partial charge in [-0.3, -0.25) is 9.69 Å². The van der Waals surface area contributed by atoms with Gasteiger partial charge in [-0.15, -0.1) is 11.8 Å². The Labute approximate surface area is 183 Å². The molecule has 0 aliphatic carbocycles. The van der Waals surface area contributed by atoms with E-state index in [9.17, 15) is 24.0 Å². The number of nitrogens with zero attached hydrogens (tertiary/aromatic N) is 1. The number of carbonyl (C=O) groups is 2. The van der Waals surface area contributed by atoms with E-state index in [1.807, 2.05) is 0 Å². The fourth-order valence-electron chi connectivity index (χ4n) is 3.63. The van der Waals surface area contributed by atoms with Gasteiger partial charge in [0.05, 0.1) is 21.5 Å². The first-order valence-corrected chi connectivity index (χ1v) is 12.8. The molecule has 0 radical (unpaired) electrons. The number of aliphatic hydroxyl groups excluding tert-OH is 1. The number of ether oxygens (including phenoxy) is 1. The van der Waals surface area contributed by atoms with Crippen molar-refractivity contribution in [2.45, 2.75) is 50.0 Å². The number of fused-ring (bicyclic) bond motifs is 1. The lowest BCUT2D eigenvalue weighted by molar-refractivity contribution is -0.158. The van der Waals surface area contributed by atoms with Crippen LogP contribution in [0.1, 0.15) is 31.8 Å². The SMILES string of the molecule is CCc1oc(=O)oc1COC(=O)C1=C(SC2CC[S+](O)C2)S[C@@H]2[C@@H]([C@@H](C)O)C(=O)N12. The second-order valence-corrected chi connectivity index (χ2v) is 11.6. The highest BCUT2D eigenvalue weighted by atomic mass is 32.2. The average molecular weight is 477 g/mol. The number of aliphatic hydroxyl groups is 1. The van der Waals surface area contributed by atoms with Crippen molar-refractivity contribution in [1.29, 1.82) is 0 Å². The molecule has 2 saturated heterocycles. The maximum absolute atomic E-state index is 12.9. The molecule has 0 aromatic carbocycles. The Kier molecular flexibility index (Phi) is 6.31. The summed E-state index contributed by atoms with van der Waals surface area (Å²) in [6, 6.07) is 0. The molecule has 0 saturated carbocycles. The Morgan fingerprint density at radius 3 is 2.77 bits per heavy atom. The van der Waals surface area contributed by atoms with E-state index in [-0.39, 0.29) is 34.6 Å². The van der Waals surface area contributed by atoms with Crippen LogP contribution in [0.5, 0.6) is 0 Å². The van der Waals surface area contributed by atoms with Crippen LogP contribution in [0.25, 0.3) is 0 Å². The highest BCUT2D eigenvalue weighted by Crippen LogP contribution is 2.55. The summed E-state index contributed by atoms with van der Waals surface area (Å²) < 4.78 is 25.7. The van der Waals surface area contributed by atoms with Crippen LogP contribution in [0.4, 0.5) is 0 Å². The summed E-state index contributed by atoms with van der Waals surface area (Å²) in [6.45, 7) is 3.06. The largest absolute Gasteiger partial charge is 0.519 e. The number of carbonyl (C=O) groups excluding carboxylic acids is 2. The van der Waals surface area contributed by atoms with E-state index in [1.54, 1.807) is 13.8 Å². The van der Waals surface area contributed by atoms with Crippen LogP contribution < -0.4 is 5.82 Å². The lowest BCUT2D eigenvalue weighted by atomic mass is 9.92. The third-order valence-electron chi connectivity index (χ3n) is 5.17. The molecule has 9 nitrogen and oxygen atoms in total. The fraction of sp³-hybridized carbons (Fsp3) is 0.611. The average Bonchev–Trinajstić information content (AvgIpc) is 3.35. The minimum Gasteiger partial charge on any atom is -0.453 e. The van der Waals surface area contributed by atoms with Crippen LogP contribution >= 0.6 is 23.5 Å². The van der Waals surface area contributed by atoms with Crippen LogP contribution in [0.2, 0.25) is 0 Å². The molecule has 1 amide bonds. The van der Waals surface area contributed by atoms with Gasteiger partial charge < -0.3 is 18.7 Å². The normalized spacial score (nSPS) is 29.2. The number of amides is 1. The van der Waals surface area contributed by atoms with E-state index >= 15 is 0 Å². The number of aryl methyl sites for hydroxylation is 1. The van der Waals surface area contributed by atoms with Crippen molar-refractivity contribution in [1.82, 2.24) is 4.90 Å². The van der Waals surface area contributed by atoms with Gasteiger partial charge in [-0.2, -0.15) is 4.55 Å². The molecule has 164 valence electrons. The lowest BCUT2D eigenvalue weighted by Crippen LogP contribution is -2.60. The molecular weight excluding hydrogens is 454 g/mol. The molecule has 30 heavy (non-hydrogen) atoms. The minimum atomic E-state index is -0.858. The summed E-state index contributed by atoms with van der Waals surface area (Å²) >= 11 is 2.23. The second-order valence-electron chi connectivity index (χ2n) is 7.21. The van der Waals surface area contributed by atoms with Crippen LogP contribution in [0, 0.1) is 5.92 Å². The number of esters is 1. The maximum Gasteiger partial charge on any atom is 0.519 e. The summed E-state index contributed by atoms with van der Waals surface area (Å²) in [5, 5.41) is 9.75. The minimum absolute atomic E-state index is 0.143. The molecule has 0 bridgehead atoms. The first-order chi connectivity index (χ1) is 14.3. The number of rotatable bonds is 7. The summed E-state index contributed by atoms with van der Waals surface area (Å²) in [5.74, 6) is -0.616. The zero-order valence-electron chi connectivity index (χ0n) is 16.4. The Bertz CT molecular complexity index is 938. The van der Waals surface area contributed by atoms with Gasteiger partial charge in [0, 0.05) is 12.8 Å². The number of thioether (sulfide) groups is 2. The van der Waals surface area contributed by atoms with Gasteiger partial charge in [-0.25, -0.2) is 9.59 Å². The van der Waals surface area contributed by atoms with E-state index in [1.165, 1.54) is 28.4 Å². The number of β-lactam (4-membered cyclic amide) rings is 1. The van der Waals surface area contributed by atoms with Gasteiger partial charge in [0.1, 0.15) is 22.3 Å². The Morgan fingerprint density at radius 2 is 2.13 bits per heavy atom. The zero-order chi connectivity index (χ0) is 21.6. The highest BCUT2D eigenvalue weighted by molar-refractivity contribution is 8.23. The van der Waals surface area contributed by atoms with E-state index < -0.39 is 35.0 Å². The predicted octanol–water partition coefficient (Wildman–Crippen LogP) is 1.52. The lowest BCUT2D eigenvalue weighted by Gasteiger charge is -2.43. The first kappa shape index (κ1) is 21.9.